The van der Waals surface area contributed by atoms with E-state index in [1.807, 2.05) is 30.3 Å². The van der Waals surface area contributed by atoms with Crippen LogP contribution < -0.4 is 25.7 Å². The molecule has 174 valence electrons. The summed E-state index contributed by atoms with van der Waals surface area (Å²) in [5.74, 6) is 0.132. The summed E-state index contributed by atoms with van der Waals surface area (Å²) >= 11 is 0. The molecule has 0 atom stereocenters. The van der Waals surface area contributed by atoms with E-state index in [1.165, 1.54) is 43.1 Å². The second-order valence-corrected chi connectivity index (χ2v) is 7.60. The van der Waals surface area contributed by atoms with Crippen molar-refractivity contribution in [2.45, 2.75) is 13.1 Å². The van der Waals surface area contributed by atoms with Gasteiger partial charge < -0.3 is 20.1 Å². The number of hydrogen-bond donors (Lipinski definition) is 2. The van der Waals surface area contributed by atoms with E-state index in [2.05, 4.69) is 10.6 Å². The summed E-state index contributed by atoms with van der Waals surface area (Å²) in [5, 5.41) is 6.66. The molecule has 0 aliphatic heterocycles. The van der Waals surface area contributed by atoms with Crippen LogP contribution in [0.25, 0.3) is 10.9 Å². The maximum Gasteiger partial charge on any atom is 0.256 e. The molecule has 34 heavy (non-hydrogen) atoms. The Kier molecular flexibility index (Phi) is 6.77. The third-order valence-electron chi connectivity index (χ3n) is 5.36. The average Bonchev–Trinajstić information content (AvgIpc) is 2.86. The van der Waals surface area contributed by atoms with Crippen LogP contribution in [0.3, 0.4) is 0 Å². The second kappa shape index (κ2) is 10.1. The SMILES string of the molecule is COc1cc2cc(CNc3ccccc3)c(=O)n(CC(=O)Nc3ccc(F)cc3)c2cc1OC. The van der Waals surface area contributed by atoms with E-state index >= 15 is 0 Å². The van der Waals surface area contributed by atoms with Crippen molar-refractivity contribution in [2.75, 3.05) is 24.9 Å². The number of nitrogens with zero attached hydrogens (tertiary/aromatic N) is 1. The highest BCUT2D eigenvalue weighted by molar-refractivity contribution is 5.92. The Morgan fingerprint density at radius 1 is 0.912 bits per heavy atom. The van der Waals surface area contributed by atoms with Crippen LogP contribution in [0.1, 0.15) is 5.56 Å². The Labute approximate surface area is 195 Å². The van der Waals surface area contributed by atoms with E-state index in [-0.39, 0.29) is 18.6 Å². The zero-order valence-electron chi connectivity index (χ0n) is 18.8. The van der Waals surface area contributed by atoms with E-state index < -0.39 is 11.7 Å². The van der Waals surface area contributed by atoms with Crippen LogP contribution in [-0.2, 0) is 17.9 Å². The molecule has 0 bridgehead atoms. The molecule has 0 unspecified atom stereocenters. The molecule has 0 fully saturated rings. The lowest BCUT2D eigenvalue weighted by molar-refractivity contribution is -0.116. The predicted molar refractivity (Wildman–Crippen MR) is 130 cm³/mol. The molecule has 0 radical (unpaired) electrons. The lowest BCUT2D eigenvalue weighted by Crippen LogP contribution is -2.30. The first-order chi connectivity index (χ1) is 16.5. The first-order valence-corrected chi connectivity index (χ1v) is 10.6. The largest absolute Gasteiger partial charge is 0.493 e. The summed E-state index contributed by atoms with van der Waals surface area (Å²) in [6.07, 6.45) is 0. The van der Waals surface area contributed by atoms with Gasteiger partial charge in [0.25, 0.3) is 5.56 Å². The molecule has 8 heteroatoms. The lowest BCUT2D eigenvalue weighted by Gasteiger charge is -2.16. The molecule has 0 aliphatic rings. The van der Waals surface area contributed by atoms with Gasteiger partial charge in [-0.2, -0.15) is 0 Å². The smallest absolute Gasteiger partial charge is 0.256 e. The van der Waals surface area contributed by atoms with E-state index in [0.29, 0.717) is 28.3 Å². The van der Waals surface area contributed by atoms with Gasteiger partial charge in [-0.05, 0) is 48.5 Å². The van der Waals surface area contributed by atoms with E-state index in [9.17, 15) is 14.0 Å². The minimum absolute atomic E-state index is 0.235. The molecule has 0 spiro atoms. The molecule has 4 aromatic rings. The fourth-order valence-corrected chi connectivity index (χ4v) is 3.68. The predicted octanol–water partition coefficient (Wildman–Crippen LogP) is 4.41. The number of ether oxygens (including phenoxy) is 2. The average molecular weight is 461 g/mol. The number of fused-ring (bicyclic) bond motifs is 1. The van der Waals surface area contributed by atoms with E-state index in [4.69, 9.17) is 9.47 Å². The Balaban J connectivity index is 1.73. The van der Waals surface area contributed by atoms with Crippen molar-refractivity contribution < 1.29 is 18.7 Å². The van der Waals surface area contributed by atoms with E-state index in [1.54, 1.807) is 18.2 Å². The van der Waals surface area contributed by atoms with Crippen LogP contribution in [0.2, 0.25) is 0 Å². The molecule has 4 rings (SSSR count). The molecular formula is C26H24FN3O4. The zero-order chi connectivity index (χ0) is 24.1. The van der Waals surface area contributed by atoms with Crippen molar-refractivity contribution in [2.24, 2.45) is 0 Å². The lowest BCUT2D eigenvalue weighted by atomic mass is 10.1. The summed E-state index contributed by atoms with van der Waals surface area (Å²) in [5.41, 5.74) is 2.01. The zero-order valence-corrected chi connectivity index (χ0v) is 18.8. The Bertz CT molecular complexity index is 1370. The summed E-state index contributed by atoms with van der Waals surface area (Å²) in [6.45, 7) is 0.0358. The van der Waals surface area contributed by atoms with Crippen LogP contribution in [0.4, 0.5) is 15.8 Å². The van der Waals surface area contributed by atoms with Gasteiger partial charge in [0.1, 0.15) is 12.4 Å². The number of amides is 1. The molecular weight excluding hydrogens is 437 g/mol. The molecule has 0 aliphatic carbocycles. The number of anilines is 2. The van der Waals surface area contributed by atoms with Gasteiger partial charge in [-0.1, -0.05) is 18.2 Å². The number of hydrogen-bond acceptors (Lipinski definition) is 5. The van der Waals surface area contributed by atoms with Crippen LogP contribution in [-0.4, -0.2) is 24.7 Å². The van der Waals surface area contributed by atoms with Crippen LogP contribution >= 0.6 is 0 Å². The van der Waals surface area contributed by atoms with Gasteiger partial charge >= 0.3 is 0 Å². The normalized spacial score (nSPS) is 10.7. The summed E-state index contributed by atoms with van der Waals surface area (Å²) in [6, 6.07) is 20.2. The number of rotatable bonds is 8. The highest BCUT2D eigenvalue weighted by Crippen LogP contribution is 2.32. The van der Waals surface area contributed by atoms with Crippen molar-refractivity contribution in [3.63, 3.8) is 0 Å². The molecule has 0 saturated carbocycles. The fraction of sp³-hybridized carbons (Fsp3) is 0.154. The standard InChI is InChI=1S/C26H24FN3O4/c1-33-23-13-17-12-18(15-28-20-6-4-3-5-7-20)26(32)30(22(17)14-24(23)34-2)16-25(31)29-21-10-8-19(27)9-11-21/h3-14,28H,15-16H2,1-2H3,(H,29,31). The van der Waals surface area contributed by atoms with Crippen molar-refractivity contribution in [1.29, 1.82) is 0 Å². The van der Waals surface area contributed by atoms with Gasteiger partial charge in [-0.25, -0.2) is 4.39 Å². The van der Waals surface area contributed by atoms with Crippen molar-refractivity contribution in [3.05, 3.63) is 94.5 Å². The summed E-state index contributed by atoms with van der Waals surface area (Å²) in [7, 11) is 3.04. The number of benzene rings is 3. The van der Waals surface area contributed by atoms with E-state index in [0.717, 1.165) is 11.1 Å². The molecule has 1 amide bonds. The van der Waals surface area contributed by atoms with Gasteiger partial charge in [0.15, 0.2) is 11.5 Å². The number of pyridine rings is 1. The maximum absolute atomic E-state index is 13.4. The molecule has 1 heterocycles. The molecule has 0 saturated heterocycles. The third kappa shape index (κ3) is 5.01. The summed E-state index contributed by atoms with van der Waals surface area (Å²) < 4.78 is 25.4. The van der Waals surface area contributed by atoms with Gasteiger partial charge in [0.2, 0.25) is 5.91 Å². The number of nitrogens with one attached hydrogen (secondary N) is 2. The van der Waals surface area contributed by atoms with Crippen LogP contribution in [0.15, 0.2) is 77.6 Å². The van der Waals surface area contributed by atoms with Gasteiger partial charge in [0, 0.05) is 34.9 Å². The summed E-state index contributed by atoms with van der Waals surface area (Å²) in [4.78, 5) is 26.2. The number of halogens is 1. The van der Waals surface area contributed by atoms with Gasteiger partial charge in [-0.15, -0.1) is 0 Å². The Morgan fingerprint density at radius 2 is 1.59 bits per heavy atom. The number of carbonyl (C=O) groups is 1. The van der Waals surface area contributed by atoms with Gasteiger partial charge in [0.05, 0.1) is 19.7 Å². The number of carbonyl (C=O) groups excluding carboxylic acids is 1. The minimum atomic E-state index is -0.419. The van der Waals surface area contributed by atoms with Crippen molar-refractivity contribution in [1.82, 2.24) is 4.57 Å². The molecule has 2 N–H and O–H groups in total. The minimum Gasteiger partial charge on any atom is -0.493 e. The first kappa shape index (κ1) is 22.8. The van der Waals surface area contributed by atoms with Crippen molar-refractivity contribution >= 4 is 28.2 Å². The highest BCUT2D eigenvalue weighted by atomic mass is 19.1. The fourth-order valence-electron chi connectivity index (χ4n) is 3.68. The topological polar surface area (TPSA) is 81.6 Å². The second-order valence-electron chi connectivity index (χ2n) is 7.60. The van der Waals surface area contributed by atoms with Crippen LogP contribution in [0.5, 0.6) is 11.5 Å². The van der Waals surface area contributed by atoms with Crippen molar-refractivity contribution in [3.8, 4) is 11.5 Å². The maximum atomic E-state index is 13.4. The number of para-hydroxylation sites is 1. The monoisotopic (exact) mass is 461 g/mol. The molecule has 3 aromatic carbocycles. The van der Waals surface area contributed by atoms with Gasteiger partial charge in [-0.3, -0.25) is 14.2 Å². The number of aromatic nitrogens is 1. The molecule has 1 aromatic heterocycles. The third-order valence-corrected chi connectivity index (χ3v) is 5.36. The van der Waals surface area contributed by atoms with Crippen LogP contribution in [0, 0.1) is 5.82 Å². The highest BCUT2D eigenvalue weighted by Gasteiger charge is 2.16. The quantitative estimate of drug-likeness (QED) is 0.406. The molecule has 7 nitrogen and oxygen atoms in total. The first-order valence-electron chi connectivity index (χ1n) is 10.6. The number of methoxy groups -OCH3 is 2. The Hall–Kier alpha value is -4.33. The Morgan fingerprint density at radius 3 is 2.26 bits per heavy atom.